The Labute approximate surface area is 119 Å². The van der Waals surface area contributed by atoms with Gasteiger partial charge in [-0.3, -0.25) is 0 Å². The van der Waals surface area contributed by atoms with E-state index in [2.05, 4.69) is 17.6 Å². The van der Waals surface area contributed by atoms with Crippen molar-refractivity contribution in [1.82, 2.24) is 10.6 Å². The number of urea groups is 1. The molecule has 0 aromatic heterocycles. The van der Waals surface area contributed by atoms with Gasteiger partial charge in [0.15, 0.2) is 0 Å². The third kappa shape index (κ3) is 4.13. The molecule has 3 nitrogen and oxygen atoms in total. The van der Waals surface area contributed by atoms with E-state index in [4.69, 9.17) is 11.6 Å². The van der Waals surface area contributed by atoms with Crippen LogP contribution in [0.1, 0.15) is 50.6 Å². The fourth-order valence-corrected chi connectivity index (χ4v) is 2.70. The van der Waals surface area contributed by atoms with Crippen LogP contribution in [0.3, 0.4) is 0 Å². The fraction of sp³-hybridized carbons (Fsp3) is 0.533. The molecule has 0 aliphatic heterocycles. The van der Waals surface area contributed by atoms with Crippen LogP contribution in [-0.2, 0) is 0 Å². The Morgan fingerprint density at radius 1 is 1.32 bits per heavy atom. The molecule has 1 aromatic rings. The maximum Gasteiger partial charge on any atom is 0.315 e. The highest BCUT2D eigenvalue weighted by Crippen LogP contribution is 2.20. The van der Waals surface area contributed by atoms with Crippen LogP contribution in [0.25, 0.3) is 0 Å². The lowest BCUT2D eigenvalue weighted by Crippen LogP contribution is -2.42. The van der Waals surface area contributed by atoms with Crippen LogP contribution in [0.4, 0.5) is 4.79 Å². The smallest absolute Gasteiger partial charge is 0.315 e. The third-order valence-corrected chi connectivity index (χ3v) is 3.93. The van der Waals surface area contributed by atoms with Crippen LogP contribution in [0, 0.1) is 0 Å². The van der Waals surface area contributed by atoms with Crippen LogP contribution >= 0.6 is 11.6 Å². The predicted octanol–water partition coefficient (Wildman–Crippen LogP) is 4.03. The van der Waals surface area contributed by atoms with E-state index in [1.165, 1.54) is 12.8 Å². The van der Waals surface area contributed by atoms with Crippen LogP contribution in [0.2, 0.25) is 5.02 Å². The van der Waals surface area contributed by atoms with E-state index in [-0.39, 0.29) is 12.1 Å². The van der Waals surface area contributed by atoms with Gasteiger partial charge in [-0.2, -0.15) is 0 Å². The summed E-state index contributed by atoms with van der Waals surface area (Å²) in [6.45, 7) is 2.06. The molecule has 1 aliphatic carbocycles. The van der Waals surface area contributed by atoms with E-state index < -0.39 is 0 Å². The maximum atomic E-state index is 12.0. The summed E-state index contributed by atoms with van der Waals surface area (Å²) in [6, 6.07) is 7.97. The maximum absolute atomic E-state index is 12.0. The summed E-state index contributed by atoms with van der Waals surface area (Å²) in [7, 11) is 0. The van der Waals surface area contributed by atoms with Gasteiger partial charge < -0.3 is 10.6 Å². The largest absolute Gasteiger partial charge is 0.335 e. The van der Waals surface area contributed by atoms with E-state index in [0.717, 1.165) is 24.8 Å². The minimum atomic E-state index is -0.0614. The third-order valence-electron chi connectivity index (χ3n) is 3.68. The SMILES string of the molecule is CC[C@H](NC(=O)NC1CCCC1)c1ccc(Cl)cc1. The standard InChI is InChI=1S/C15H21ClN2O/c1-2-14(11-7-9-12(16)10-8-11)18-15(19)17-13-5-3-4-6-13/h7-10,13-14H,2-6H2,1H3,(H2,17,18,19)/t14-/m0/s1. The number of amides is 2. The number of hydrogen-bond donors (Lipinski definition) is 2. The summed E-state index contributed by atoms with van der Waals surface area (Å²) in [5, 5.41) is 6.80. The van der Waals surface area contributed by atoms with E-state index in [1.807, 2.05) is 24.3 Å². The summed E-state index contributed by atoms with van der Waals surface area (Å²) in [5.74, 6) is 0. The lowest BCUT2D eigenvalue weighted by molar-refractivity contribution is 0.233. The molecule has 2 amide bonds. The zero-order valence-corrected chi connectivity index (χ0v) is 12.0. The molecule has 0 radical (unpaired) electrons. The topological polar surface area (TPSA) is 41.1 Å². The molecule has 0 heterocycles. The number of nitrogens with one attached hydrogen (secondary N) is 2. The monoisotopic (exact) mass is 280 g/mol. The van der Waals surface area contributed by atoms with Crippen molar-refractivity contribution >= 4 is 17.6 Å². The summed E-state index contributed by atoms with van der Waals surface area (Å²) in [6.07, 6.45) is 5.51. The second kappa shape index (κ2) is 6.80. The Bertz CT molecular complexity index is 413. The number of benzene rings is 1. The highest BCUT2D eigenvalue weighted by Gasteiger charge is 2.19. The van der Waals surface area contributed by atoms with Crippen LogP contribution in [-0.4, -0.2) is 12.1 Å². The van der Waals surface area contributed by atoms with Crippen LogP contribution < -0.4 is 10.6 Å². The second-order valence-corrected chi connectivity index (χ2v) is 5.55. The van der Waals surface area contributed by atoms with Crippen molar-refractivity contribution in [2.24, 2.45) is 0 Å². The molecule has 1 aliphatic rings. The quantitative estimate of drug-likeness (QED) is 0.859. The summed E-state index contributed by atoms with van der Waals surface area (Å²) >= 11 is 5.88. The Balaban J connectivity index is 1.90. The fourth-order valence-electron chi connectivity index (χ4n) is 2.57. The molecule has 104 valence electrons. The van der Waals surface area contributed by atoms with Gasteiger partial charge in [-0.1, -0.05) is 43.5 Å². The molecule has 0 bridgehead atoms. The van der Waals surface area contributed by atoms with Gasteiger partial charge in [-0.15, -0.1) is 0 Å². The average molecular weight is 281 g/mol. The Kier molecular flexibility index (Phi) is 5.08. The molecule has 2 rings (SSSR count). The molecule has 19 heavy (non-hydrogen) atoms. The molecule has 0 unspecified atom stereocenters. The minimum Gasteiger partial charge on any atom is -0.335 e. The van der Waals surface area contributed by atoms with Crippen molar-refractivity contribution in [3.8, 4) is 0 Å². The van der Waals surface area contributed by atoms with Crippen molar-refractivity contribution < 1.29 is 4.79 Å². The molecule has 1 saturated carbocycles. The van der Waals surface area contributed by atoms with Crippen molar-refractivity contribution in [3.63, 3.8) is 0 Å². The average Bonchev–Trinajstić information content (AvgIpc) is 2.90. The van der Waals surface area contributed by atoms with E-state index >= 15 is 0 Å². The first kappa shape index (κ1) is 14.2. The molecule has 2 N–H and O–H groups in total. The molecule has 1 atom stereocenters. The Morgan fingerprint density at radius 2 is 1.95 bits per heavy atom. The van der Waals surface area contributed by atoms with Crippen molar-refractivity contribution in [2.45, 2.75) is 51.1 Å². The molecule has 1 aromatic carbocycles. The van der Waals surface area contributed by atoms with Gasteiger partial charge in [0.1, 0.15) is 0 Å². The number of carbonyl (C=O) groups is 1. The first-order chi connectivity index (χ1) is 9.19. The Hall–Kier alpha value is -1.22. The summed E-state index contributed by atoms with van der Waals surface area (Å²) in [5.41, 5.74) is 1.09. The number of rotatable bonds is 4. The van der Waals surface area contributed by atoms with Gasteiger partial charge in [-0.25, -0.2) is 4.79 Å². The first-order valence-electron chi connectivity index (χ1n) is 7.01. The highest BCUT2D eigenvalue weighted by molar-refractivity contribution is 6.30. The first-order valence-corrected chi connectivity index (χ1v) is 7.39. The van der Waals surface area contributed by atoms with Crippen molar-refractivity contribution in [3.05, 3.63) is 34.9 Å². The number of halogens is 1. The van der Waals surface area contributed by atoms with E-state index in [0.29, 0.717) is 11.1 Å². The number of carbonyl (C=O) groups excluding carboxylic acids is 1. The molecule has 0 spiro atoms. The predicted molar refractivity (Wildman–Crippen MR) is 78.4 cm³/mol. The normalized spacial score (nSPS) is 17.2. The molecule has 1 fully saturated rings. The van der Waals surface area contributed by atoms with Crippen LogP contribution in [0.15, 0.2) is 24.3 Å². The zero-order chi connectivity index (χ0) is 13.7. The van der Waals surface area contributed by atoms with Gasteiger partial charge in [0, 0.05) is 11.1 Å². The highest BCUT2D eigenvalue weighted by atomic mass is 35.5. The van der Waals surface area contributed by atoms with Gasteiger partial charge in [-0.05, 0) is 37.0 Å². The molecule has 0 saturated heterocycles. The van der Waals surface area contributed by atoms with Gasteiger partial charge >= 0.3 is 6.03 Å². The van der Waals surface area contributed by atoms with Gasteiger partial charge in [0.05, 0.1) is 6.04 Å². The van der Waals surface area contributed by atoms with E-state index in [1.54, 1.807) is 0 Å². The van der Waals surface area contributed by atoms with Gasteiger partial charge in [0.2, 0.25) is 0 Å². The minimum absolute atomic E-state index is 0.0404. The summed E-state index contributed by atoms with van der Waals surface area (Å²) < 4.78 is 0. The number of hydrogen-bond acceptors (Lipinski definition) is 1. The Morgan fingerprint density at radius 3 is 2.53 bits per heavy atom. The summed E-state index contributed by atoms with van der Waals surface area (Å²) in [4.78, 5) is 12.0. The lowest BCUT2D eigenvalue weighted by atomic mass is 10.1. The van der Waals surface area contributed by atoms with Crippen molar-refractivity contribution in [1.29, 1.82) is 0 Å². The molecular weight excluding hydrogens is 260 g/mol. The van der Waals surface area contributed by atoms with Crippen molar-refractivity contribution in [2.75, 3.05) is 0 Å². The second-order valence-electron chi connectivity index (χ2n) is 5.11. The van der Waals surface area contributed by atoms with Crippen LogP contribution in [0.5, 0.6) is 0 Å². The van der Waals surface area contributed by atoms with E-state index in [9.17, 15) is 4.79 Å². The lowest BCUT2D eigenvalue weighted by Gasteiger charge is -2.20. The van der Waals surface area contributed by atoms with Gasteiger partial charge in [0.25, 0.3) is 0 Å². The zero-order valence-electron chi connectivity index (χ0n) is 11.3. The molecular formula is C15H21ClN2O. The molecule has 4 heteroatoms.